The van der Waals surface area contributed by atoms with Crippen LogP contribution < -0.4 is 5.73 Å². The van der Waals surface area contributed by atoms with E-state index in [0.29, 0.717) is 18.7 Å². The summed E-state index contributed by atoms with van der Waals surface area (Å²) in [6, 6.07) is 0. The number of aromatic nitrogens is 1. The molecule has 0 radical (unpaired) electrons. The molecule has 2 N–H and O–H groups in total. The van der Waals surface area contributed by atoms with Crippen molar-refractivity contribution in [2.24, 2.45) is 5.73 Å². The van der Waals surface area contributed by atoms with Gasteiger partial charge in [0.1, 0.15) is 5.69 Å². The predicted octanol–water partition coefficient (Wildman–Crippen LogP) is -0.485. The third kappa shape index (κ3) is 3.06. The van der Waals surface area contributed by atoms with E-state index in [1.165, 1.54) is 11.3 Å². The van der Waals surface area contributed by atoms with Gasteiger partial charge in [0.2, 0.25) is 0 Å². The van der Waals surface area contributed by atoms with Gasteiger partial charge in [0.05, 0.1) is 16.5 Å². The van der Waals surface area contributed by atoms with Crippen molar-refractivity contribution in [2.45, 2.75) is 6.42 Å². The Kier molecular flexibility index (Phi) is 3.98. The van der Waals surface area contributed by atoms with Crippen molar-refractivity contribution in [2.75, 3.05) is 31.1 Å². The number of carbonyl (C=O) groups is 1. The maximum absolute atomic E-state index is 12.1. The van der Waals surface area contributed by atoms with Gasteiger partial charge in [-0.15, -0.1) is 11.3 Å². The lowest BCUT2D eigenvalue weighted by Crippen LogP contribution is -2.43. The molecular formula is C10H15N3O3S2. The fourth-order valence-electron chi connectivity index (χ4n) is 1.72. The first-order valence-corrected chi connectivity index (χ1v) is 8.36. The van der Waals surface area contributed by atoms with Gasteiger partial charge in [-0.3, -0.25) is 4.79 Å². The van der Waals surface area contributed by atoms with Gasteiger partial charge in [-0.1, -0.05) is 0 Å². The summed E-state index contributed by atoms with van der Waals surface area (Å²) in [6.45, 7) is 1.01. The molecule has 2 heterocycles. The molecule has 18 heavy (non-hydrogen) atoms. The van der Waals surface area contributed by atoms with Crippen molar-refractivity contribution >= 4 is 27.1 Å². The van der Waals surface area contributed by atoms with Gasteiger partial charge in [0, 0.05) is 24.9 Å². The number of sulfone groups is 1. The standard InChI is InChI=1S/C10H15N3O3S2/c11-2-1-9-12-8(7-17-9)10(14)13-3-5-18(15,16)6-4-13/h7H,1-6,11H2. The highest BCUT2D eigenvalue weighted by molar-refractivity contribution is 7.91. The lowest BCUT2D eigenvalue weighted by molar-refractivity contribution is 0.0765. The molecule has 0 bridgehead atoms. The SMILES string of the molecule is NCCc1nc(C(=O)N2CCS(=O)(=O)CC2)cs1. The molecule has 0 aromatic carbocycles. The molecule has 6 nitrogen and oxygen atoms in total. The zero-order chi connectivity index (χ0) is 13.2. The maximum Gasteiger partial charge on any atom is 0.273 e. The molecule has 0 saturated carbocycles. The van der Waals surface area contributed by atoms with Gasteiger partial charge in [0.25, 0.3) is 5.91 Å². The quantitative estimate of drug-likeness (QED) is 0.811. The molecule has 1 fully saturated rings. The number of hydrogen-bond donors (Lipinski definition) is 1. The van der Waals surface area contributed by atoms with E-state index in [1.807, 2.05) is 0 Å². The molecule has 0 atom stereocenters. The summed E-state index contributed by atoms with van der Waals surface area (Å²) in [6.07, 6.45) is 0.659. The third-order valence-electron chi connectivity index (χ3n) is 2.76. The zero-order valence-corrected chi connectivity index (χ0v) is 11.5. The Labute approximate surface area is 110 Å². The van der Waals surface area contributed by atoms with Gasteiger partial charge in [-0.2, -0.15) is 0 Å². The van der Waals surface area contributed by atoms with Crippen molar-refractivity contribution in [3.05, 3.63) is 16.1 Å². The number of rotatable bonds is 3. The van der Waals surface area contributed by atoms with Gasteiger partial charge in [-0.05, 0) is 6.54 Å². The monoisotopic (exact) mass is 289 g/mol. The van der Waals surface area contributed by atoms with Crippen LogP contribution >= 0.6 is 11.3 Å². The Balaban J connectivity index is 2.03. The smallest absolute Gasteiger partial charge is 0.273 e. The minimum Gasteiger partial charge on any atom is -0.335 e. The van der Waals surface area contributed by atoms with Crippen LogP contribution in [0.3, 0.4) is 0 Å². The van der Waals surface area contributed by atoms with E-state index in [2.05, 4.69) is 4.98 Å². The van der Waals surface area contributed by atoms with Crippen LogP contribution in [-0.4, -0.2) is 55.3 Å². The van der Waals surface area contributed by atoms with Crippen LogP contribution in [0.4, 0.5) is 0 Å². The van der Waals surface area contributed by atoms with Crippen LogP contribution in [0.25, 0.3) is 0 Å². The van der Waals surface area contributed by atoms with Crippen molar-refractivity contribution < 1.29 is 13.2 Å². The average molecular weight is 289 g/mol. The fraction of sp³-hybridized carbons (Fsp3) is 0.600. The first-order valence-electron chi connectivity index (χ1n) is 5.66. The second kappa shape index (κ2) is 5.33. The Morgan fingerprint density at radius 1 is 1.44 bits per heavy atom. The number of carbonyl (C=O) groups excluding carboxylic acids is 1. The van der Waals surface area contributed by atoms with Crippen LogP contribution in [-0.2, 0) is 16.3 Å². The topological polar surface area (TPSA) is 93.4 Å². The zero-order valence-electron chi connectivity index (χ0n) is 9.83. The minimum absolute atomic E-state index is 0.0402. The number of hydrogen-bond acceptors (Lipinski definition) is 6. The van der Waals surface area contributed by atoms with E-state index in [1.54, 1.807) is 10.3 Å². The lowest BCUT2D eigenvalue weighted by atomic mass is 10.3. The Hall–Kier alpha value is -0.990. The van der Waals surface area contributed by atoms with Gasteiger partial charge < -0.3 is 10.6 Å². The molecule has 8 heteroatoms. The third-order valence-corrected chi connectivity index (χ3v) is 5.28. The van der Waals surface area contributed by atoms with Crippen LogP contribution in [0.15, 0.2) is 5.38 Å². The number of nitrogens with zero attached hydrogens (tertiary/aromatic N) is 2. The Morgan fingerprint density at radius 3 is 2.72 bits per heavy atom. The molecule has 0 aliphatic carbocycles. The van der Waals surface area contributed by atoms with Gasteiger partial charge in [0.15, 0.2) is 9.84 Å². The first-order chi connectivity index (χ1) is 8.52. The van der Waals surface area contributed by atoms with E-state index >= 15 is 0 Å². The van der Waals surface area contributed by atoms with Crippen molar-refractivity contribution in [3.63, 3.8) is 0 Å². The number of thiazole rings is 1. The molecular weight excluding hydrogens is 274 g/mol. The molecule has 0 unspecified atom stereocenters. The molecule has 1 aromatic heterocycles. The predicted molar refractivity (Wildman–Crippen MR) is 69.4 cm³/mol. The lowest BCUT2D eigenvalue weighted by Gasteiger charge is -2.25. The summed E-state index contributed by atoms with van der Waals surface area (Å²) < 4.78 is 22.6. The summed E-state index contributed by atoms with van der Waals surface area (Å²) in [4.78, 5) is 17.8. The van der Waals surface area contributed by atoms with Crippen molar-refractivity contribution in [1.29, 1.82) is 0 Å². The first kappa shape index (κ1) is 13.4. The highest BCUT2D eigenvalue weighted by atomic mass is 32.2. The van der Waals surface area contributed by atoms with Crippen molar-refractivity contribution in [3.8, 4) is 0 Å². The van der Waals surface area contributed by atoms with Gasteiger partial charge in [-0.25, -0.2) is 13.4 Å². The van der Waals surface area contributed by atoms with E-state index in [-0.39, 0.29) is 30.5 Å². The molecule has 0 spiro atoms. The Bertz CT molecular complexity index is 524. The normalized spacial score (nSPS) is 18.8. The Morgan fingerprint density at radius 2 is 2.11 bits per heavy atom. The van der Waals surface area contributed by atoms with Gasteiger partial charge >= 0.3 is 0 Å². The molecule has 1 saturated heterocycles. The number of nitrogens with two attached hydrogens (primary N) is 1. The summed E-state index contributed by atoms with van der Waals surface area (Å²) in [5.41, 5.74) is 5.81. The highest BCUT2D eigenvalue weighted by Gasteiger charge is 2.26. The van der Waals surface area contributed by atoms with Crippen LogP contribution in [0.1, 0.15) is 15.5 Å². The van der Waals surface area contributed by atoms with E-state index in [9.17, 15) is 13.2 Å². The van der Waals surface area contributed by atoms with E-state index < -0.39 is 9.84 Å². The van der Waals surface area contributed by atoms with E-state index in [4.69, 9.17) is 5.73 Å². The summed E-state index contributed by atoms with van der Waals surface area (Å²) in [5, 5.41) is 2.54. The van der Waals surface area contributed by atoms with E-state index in [0.717, 1.165) is 5.01 Å². The molecule has 1 aliphatic rings. The maximum atomic E-state index is 12.1. The highest BCUT2D eigenvalue weighted by Crippen LogP contribution is 2.14. The molecule has 100 valence electrons. The van der Waals surface area contributed by atoms with Crippen LogP contribution in [0.2, 0.25) is 0 Å². The van der Waals surface area contributed by atoms with Crippen molar-refractivity contribution in [1.82, 2.24) is 9.88 Å². The average Bonchev–Trinajstić information content (AvgIpc) is 2.77. The summed E-state index contributed by atoms with van der Waals surface area (Å²) in [7, 11) is -2.96. The fourth-order valence-corrected chi connectivity index (χ4v) is 3.71. The van der Waals surface area contributed by atoms with Crippen LogP contribution in [0.5, 0.6) is 0 Å². The largest absolute Gasteiger partial charge is 0.335 e. The van der Waals surface area contributed by atoms with Crippen LogP contribution in [0, 0.1) is 0 Å². The summed E-state index contributed by atoms with van der Waals surface area (Å²) in [5.74, 6) is -0.110. The molecule has 1 aromatic rings. The molecule has 2 rings (SSSR count). The minimum atomic E-state index is -2.96. The molecule has 1 amide bonds. The molecule has 1 aliphatic heterocycles. The second-order valence-electron chi connectivity index (χ2n) is 4.11. The summed E-state index contributed by atoms with van der Waals surface area (Å²) >= 11 is 1.41. The number of amides is 1. The second-order valence-corrected chi connectivity index (χ2v) is 7.36.